The summed E-state index contributed by atoms with van der Waals surface area (Å²) < 4.78 is 46.6. The quantitative estimate of drug-likeness (QED) is 0.686. The molecule has 118 valence electrons. The van der Waals surface area contributed by atoms with Crippen molar-refractivity contribution in [2.45, 2.75) is 6.92 Å². The second-order valence-corrected chi connectivity index (χ2v) is 4.45. The number of benzene rings is 2. The van der Waals surface area contributed by atoms with Crippen LogP contribution in [0.2, 0.25) is 0 Å². The summed E-state index contributed by atoms with van der Waals surface area (Å²) in [4.78, 5) is 11.8. The standard InChI is InChI=1S/C17H12F3NO2/c1-3-6-10-9-11(17(22)23-2)16(15(20)14(10)19)21-13-8-5-4-7-12(13)18/h4-5,7-9,21H,1-2H3. The summed E-state index contributed by atoms with van der Waals surface area (Å²) in [6, 6.07) is 6.48. The van der Waals surface area contributed by atoms with Crippen molar-refractivity contribution in [2.75, 3.05) is 12.4 Å². The van der Waals surface area contributed by atoms with Crippen LogP contribution in [0, 0.1) is 29.3 Å². The SMILES string of the molecule is CC#Cc1cc(C(=O)OC)c(Nc2ccccc2F)c(F)c1F. The van der Waals surface area contributed by atoms with E-state index >= 15 is 0 Å². The van der Waals surface area contributed by atoms with Gasteiger partial charge in [-0.25, -0.2) is 18.0 Å². The number of hydrogen-bond donors (Lipinski definition) is 1. The minimum atomic E-state index is -1.34. The molecule has 6 heteroatoms. The highest BCUT2D eigenvalue weighted by Crippen LogP contribution is 2.30. The Morgan fingerprint density at radius 1 is 1.17 bits per heavy atom. The predicted octanol–water partition coefficient (Wildman–Crippen LogP) is 4.01. The van der Waals surface area contributed by atoms with E-state index in [1.165, 1.54) is 25.1 Å². The molecule has 23 heavy (non-hydrogen) atoms. The molecule has 0 aliphatic heterocycles. The third-order valence-electron chi connectivity index (χ3n) is 3.01. The average Bonchev–Trinajstić information content (AvgIpc) is 2.55. The number of para-hydroxylation sites is 1. The van der Waals surface area contributed by atoms with E-state index < -0.39 is 29.1 Å². The molecule has 3 nitrogen and oxygen atoms in total. The van der Waals surface area contributed by atoms with E-state index in [1.807, 2.05) is 0 Å². The van der Waals surface area contributed by atoms with E-state index in [2.05, 4.69) is 21.9 Å². The van der Waals surface area contributed by atoms with Crippen molar-refractivity contribution in [3.8, 4) is 11.8 Å². The number of esters is 1. The van der Waals surface area contributed by atoms with Gasteiger partial charge in [0.2, 0.25) is 0 Å². The van der Waals surface area contributed by atoms with Gasteiger partial charge in [-0.05, 0) is 25.1 Å². The lowest BCUT2D eigenvalue weighted by atomic mass is 10.1. The van der Waals surface area contributed by atoms with Crippen LogP contribution >= 0.6 is 0 Å². The molecule has 0 heterocycles. The van der Waals surface area contributed by atoms with E-state index in [4.69, 9.17) is 0 Å². The average molecular weight is 319 g/mol. The summed E-state index contributed by atoms with van der Waals surface area (Å²) in [5.41, 5.74) is -1.19. The number of hydrogen-bond acceptors (Lipinski definition) is 3. The van der Waals surface area contributed by atoms with Crippen LogP contribution in [-0.2, 0) is 4.74 Å². The highest BCUT2D eigenvalue weighted by molar-refractivity contribution is 5.97. The van der Waals surface area contributed by atoms with Crippen LogP contribution in [0.25, 0.3) is 0 Å². The monoisotopic (exact) mass is 319 g/mol. The fourth-order valence-corrected chi connectivity index (χ4v) is 1.94. The molecule has 0 unspecified atom stereocenters. The van der Waals surface area contributed by atoms with Crippen molar-refractivity contribution in [3.63, 3.8) is 0 Å². The van der Waals surface area contributed by atoms with Crippen molar-refractivity contribution >= 4 is 17.3 Å². The maximum atomic E-state index is 14.3. The van der Waals surface area contributed by atoms with Gasteiger partial charge in [0.1, 0.15) is 5.82 Å². The lowest BCUT2D eigenvalue weighted by Gasteiger charge is -2.14. The molecule has 0 fully saturated rings. The van der Waals surface area contributed by atoms with Gasteiger partial charge in [-0.3, -0.25) is 0 Å². The van der Waals surface area contributed by atoms with E-state index in [1.54, 1.807) is 0 Å². The Balaban J connectivity index is 2.65. The molecule has 2 rings (SSSR count). The first-order valence-electron chi connectivity index (χ1n) is 6.54. The molecule has 0 saturated carbocycles. The van der Waals surface area contributed by atoms with Gasteiger partial charge in [0.05, 0.1) is 29.6 Å². The molecule has 0 atom stereocenters. The summed E-state index contributed by atoms with van der Waals surface area (Å²) in [6.45, 7) is 1.45. The molecule has 0 aromatic heterocycles. The Hall–Kier alpha value is -2.94. The van der Waals surface area contributed by atoms with E-state index in [-0.39, 0.29) is 16.8 Å². The number of ether oxygens (including phenoxy) is 1. The fraction of sp³-hybridized carbons (Fsp3) is 0.118. The number of methoxy groups -OCH3 is 1. The summed E-state index contributed by atoms with van der Waals surface area (Å²) >= 11 is 0. The molecule has 0 bridgehead atoms. The van der Waals surface area contributed by atoms with Gasteiger partial charge in [0.25, 0.3) is 0 Å². The predicted molar refractivity (Wildman–Crippen MR) is 79.9 cm³/mol. The molecule has 2 aromatic carbocycles. The van der Waals surface area contributed by atoms with Crippen molar-refractivity contribution in [1.29, 1.82) is 0 Å². The van der Waals surface area contributed by atoms with Gasteiger partial charge in [0, 0.05) is 0 Å². The minimum Gasteiger partial charge on any atom is -0.465 e. The Morgan fingerprint density at radius 3 is 2.48 bits per heavy atom. The topological polar surface area (TPSA) is 38.3 Å². The number of rotatable bonds is 3. The molecular weight excluding hydrogens is 307 g/mol. The molecular formula is C17H12F3NO2. The zero-order valence-corrected chi connectivity index (χ0v) is 12.3. The molecule has 0 spiro atoms. The van der Waals surface area contributed by atoms with Gasteiger partial charge in [-0.2, -0.15) is 0 Å². The Labute approximate surface area is 131 Å². The third-order valence-corrected chi connectivity index (χ3v) is 3.01. The van der Waals surface area contributed by atoms with E-state index in [0.29, 0.717) is 0 Å². The van der Waals surface area contributed by atoms with Gasteiger partial charge < -0.3 is 10.1 Å². The maximum absolute atomic E-state index is 14.3. The normalized spacial score (nSPS) is 9.78. The van der Waals surface area contributed by atoms with Gasteiger partial charge in [-0.1, -0.05) is 18.1 Å². The van der Waals surface area contributed by atoms with Crippen LogP contribution in [-0.4, -0.2) is 13.1 Å². The van der Waals surface area contributed by atoms with Crippen LogP contribution in [0.1, 0.15) is 22.8 Å². The number of halogens is 3. The first-order valence-corrected chi connectivity index (χ1v) is 6.54. The molecule has 0 saturated heterocycles. The smallest absolute Gasteiger partial charge is 0.340 e. The molecule has 0 aliphatic carbocycles. The number of carbonyl (C=O) groups is 1. The third kappa shape index (κ3) is 3.29. The summed E-state index contributed by atoms with van der Waals surface area (Å²) in [5, 5.41) is 2.40. The van der Waals surface area contributed by atoms with Crippen molar-refractivity contribution in [1.82, 2.24) is 0 Å². The maximum Gasteiger partial charge on any atom is 0.340 e. The summed E-state index contributed by atoms with van der Waals surface area (Å²) in [5.74, 6) is 0.638. The van der Waals surface area contributed by atoms with Crippen LogP contribution in [0.4, 0.5) is 24.5 Å². The first kappa shape index (κ1) is 16.4. The molecule has 1 N–H and O–H groups in total. The van der Waals surface area contributed by atoms with Crippen molar-refractivity contribution in [3.05, 3.63) is 58.9 Å². The summed E-state index contributed by atoms with van der Waals surface area (Å²) in [7, 11) is 1.10. The molecule has 0 amide bonds. The number of carbonyl (C=O) groups excluding carboxylic acids is 1. The van der Waals surface area contributed by atoms with Crippen molar-refractivity contribution < 1.29 is 22.7 Å². The number of nitrogens with one attached hydrogen (secondary N) is 1. The Kier molecular flexibility index (Phi) is 4.91. The van der Waals surface area contributed by atoms with E-state index in [0.717, 1.165) is 19.2 Å². The second kappa shape index (κ2) is 6.88. The lowest BCUT2D eigenvalue weighted by molar-refractivity contribution is 0.0601. The van der Waals surface area contributed by atoms with Crippen LogP contribution in [0.3, 0.4) is 0 Å². The van der Waals surface area contributed by atoms with Crippen LogP contribution in [0.15, 0.2) is 30.3 Å². The highest BCUT2D eigenvalue weighted by Gasteiger charge is 2.23. The largest absolute Gasteiger partial charge is 0.465 e. The van der Waals surface area contributed by atoms with Gasteiger partial charge in [-0.15, -0.1) is 5.92 Å². The molecule has 0 radical (unpaired) electrons. The van der Waals surface area contributed by atoms with E-state index in [9.17, 15) is 18.0 Å². The molecule has 2 aromatic rings. The van der Waals surface area contributed by atoms with Crippen molar-refractivity contribution in [2.24, 2.45) is 0 Å². The van der Waals surface area contributed by atoms with Crippen LogP contribution in [0.5, 0.6) is 0 Å². The fourth-order valence-electron chi connectivity index (χ4n) is 1.94. The highest BCUT2D eigenvalue weighted by atomic mass is 19.2. The second-order valence-electron chi connectivity index (χ2n) is 4.45. The zero-order valence-electron chi connectivity index (χ0n) is 12.3. The lowest BCUT2D eigenvalue weighted by Crippen LogP contribution is -2.11. The Morgan fingerprint density at radius 2 is 1.87 bits per heavy atom. The first-order chi connectivity index (χ1) is 11.0. The van der Waals surface area contributed by atoms with Gasteiger partial charge >= 0.3 is 5.97 Å². The Bertz CT molecular complexity index is 823. The molecule has 0 aliphatic rings. The van der Waals surface area contributed by atoms with Gasteiger partial charge in [0.15, 0.2) is 11.6 Å². The number of anilines is 2. The van der Waals surface area contributed by atoms with Crippen LogP contribution < -0.4 is 5.32 Å². The zero-order chi connectivity index (χ0) is 17.0. The summed E-state index contributed by atoms with van der Waals surface area (Å²) in [6.07, 6.45) is 0. The minimum absolute atomic E-state index is 0.106.